The van der Waals surface area contributed by atoms with E-state index in [9.17, 15) is 9.59 Å². The van der Waals surface area contributed by atoms with Gasteiger partial charge in [-0.1, -0.05) is 13.8 Å². The van der Waals surface area contributed by atoms with Gasteiger partial charge in [-0.15, -0.1) is 11.3 Å². The number of rotatable bonds is 5. The third-order valence-electron chi connectivity index (χ3n) is 2.93. The highest BCUT2D eigenvalue weighted by molar-refractivity contribution is 7.14. The second-order valence-corrected chi connectivity index (χ2v) is 6.09. The lowest BCUT2D eigenvalue weighted by Gasteiger charge is -2.24. The molecule has 1 saturated carbocycles. The molecule has 1 aromatic heterocycles. The first-order valence-corrected chi connectivity index (χ1v) is 7.25. The van der Waals surface area contributed by atoms with Crippen LogP contribution in [0.4, 0.5) is 9.80 Å². The van der Waals surface area contributed by atoms with Gasteiger partial charge >= 0.3 is 12.0 Å². The Hall–Kier alpha value is -1.56. The number of amides is 2. The fourth-order valence-corrected chi connectivity index (χ4v) is 2.69. The van der Waals surface area contributed by atoms with Crippen molar-refractivity contribution in [2.45, 2.75) is 32.7 Å². The van der Waals surface area contributed by atoms with Crippen molar-refractivity contribution in [3.05, 3.63) is 17.0 Å². The summed E-state index contributed by atoms with van der Waals surface area (Å²) >= 11 is 1.24. The van der Waals surface area contributed by atoms with Crippen molar-refractivity contribution in [1.29, 1.82) is 0 Å². The summed E-state index contributed by atoms with van der Waals surface area (Å²) < 4.78 is 0. The molecule has 0 unspecified atom stereocenters. The molecule has 0 aliphatic heterocycles. The lowest BCUT2D eigenvalue weighted by Crippen LogP contribution is -2.39. The van der Waals surface area contributed by atoms with Crippen molar-refractivity contribution in [3.63, 3.8) is 0 Å². The molecule has 0 spiro atoms. The zero-order valence-electron chi connectivity index (χ0n) is 11.0. The monoisotopic (exact) mass is 282 g/mol. The smallest absolute Gasteiger partial charge is 0.338 e. The molecule has 104 valence electrons. The second-order valence-electron chi connectivity index (χ2n) is 5.18. The maximum Gasteiger partial charge on any atom is 0.338 e. The van der Waals surface area contributed by atoms with Gasteiger partial charge in [-0.25, -0.2) is 9.59 Å². The average molecular weight is 282 g/mol. The molecule has 1 aliphatic carbocycles. The number of urea groups is 1. The normalized spacial score (nSPS) is 14.5. The van der Waals surface area contributed by atoms with Crippen LogP contribution in [0.1, 0.15) is 37.0 Å². The minimum Gasteiger partial charge on any atom is -0.478 e. The van der Waals surface area contributed by atoms with Crippen molar-refractivity contribution in [3.8, 4) is 0 Å². The Bertz CT molecular complexity index is 480. The number of anilines is 1. The number of hydrogen-bond donors (Lipinski definition) is 2. The first kappa shape index (κ1) is 13.9. The quantitative estimate of drug-likeness (QED) is 0.871. The second kappa shape index (κ2) is 5.61. The molecular formula is C13H18N2O3S. The zero-order valence-corrected chi connectivity index (χ0v) is 11.9. The van der Waals surface area contributed by atoms with Crippen LogP contribution in [0, 0.1) is 5.92 Å². The highest BCUT2D eigenvalue weighted by Crippen LogP contribution is 2.29. The Morgan fingerprint density at radius 1 is 1.53 bits per heavy atom. The lowest BCUT2D eigenvalue weighted by molar-refractivity contribution is 0.0698. The van der Waals surface area contributed by atoms with Gasteiger partial charge in [0.25, 0.3) is 0 Å². The fourth-order valence-electron chi connectivity index (χ4n) is 1.92. The Labute approximate surface area is 116 Å². The van der Waals surface area contributed by atoms with Crippen molar-refractivity contribution in [2.75, 3.05) is 11.9 Å². The highest BCUT2D eigenvalue weighted by atomic mass is 32.1. The maximum atomic E-state index is 12.2. The number of nitrogens with one attached hydrogen (secondary N) is 1. The SMILES string of the molecule is CC(C)CN(C(=O)Nc1sccc1C(=O)O)C1CC1. The lowest BCUT2D eigenvalue weighted by atomic mass is 10.2. The Balaban J connectivity index is 2.06. The van der Waals surface area contributed by atoms with E-state index >= 15 is 0 Å². The van der Waals surface area contributed by atoms with Gasteiger partial charge in [0.2, 0.25) is 0 Å². The molecule has 1 heterocycles. The molecule has 6 heteroatoms. The van der Waals surface area contributed by atoms with Crippen molar-refractivity contribution < 1.29 is 14.7 Å². The summed E-state index contributed by atoms with van der Waals surface area (Å²) in [6.45, 7) is 4.83. The molecule has 19 heavy (non-hydrogen) atoms. The topological polar surface area (TPSA) is 69.6 Å². The van der Waals surface area contributed by atoms with E-state index in [-0.39, 0.29) is 11.6 Å². The third-order valence-corrected chi connectivity index (χ3v) is 3.76. The van der Waals surface area contributed by atoms with Crippen LogP contribution in [0.25, 0.3) is 0 Å². The van der Waals surface area contributed by atoms with E-state index in [1.807, 2.05) is 4.90 Å². The summed E-state index contributed by atoms with van der Waals surface area (Å²) in [5.41, 5.74) is 0.152. The number of aromatic carboxylic acids is 1. The third kappa shape index (κ3) is 3.47. The number of hydrogen-bond acceptors (Lipinski definition) is 3. The van der Waals surface area contributed by atoms with Crippen LogP contribution in [0.2, 0.25) is 0 Å². The standard InChI is InChI=1S/C13H18N2O3S/c1-8(2)7-15(9-3-4-9)13(18)14-11-10(12(16)17)5-6-19-11/h5-6,8-9H,3-4,7H2,1-2H3,(H,14,18)(H,16,17). The molecular weight excluding hydrogens is 264 g/mol. The molecule has 1 aromatic rings. The van der Waals surface area contributed by atoms with Gasteiger partial charge in [0.15, 0.2) is 0 Å². The van der Waals surface area contributed by atoms with E-state index in [1.54, 1.807) is 5.38 Å². The highest BCUT2D eigenvalue weighted by Gasteiger charge is 2.33. The van der Waals surface area contributed by atoms with E-state index in [4.69, 9.17) is 5.11 Å². The van der Waals surface area contributed by atoms with E-state index in [0.29, 0.717) is 23.5 Å². The molecule has 0 atom stereocenters. The zero-order chi connectivity index (χ0) is 14.0. The molecule has 2 N–H and O–H groups in total. The Morgan fingerprint density at radius 3 is 2.74 bits per heavy atom. The van der Waals surface area contributed by atoms with Gasteiger partial charge in [-0.3, -0.25) is 5.32 Å². The van der Waals surface area contributed by atoms with Crippen LogP contribution in [0.15, 0.2) is 11.4 Å². The minimum absolute atomic E-state index is 0.152. The molecule has 0 saturated heterocycles. The van der Waals surface area contributed by atoms with E-state index in [1.165, 1.54) is 17.4 Å². The van der Waals surface area contributed by atoms with Gasteiger partial charge in [0.05, 0.1) is 5.56 Å². The number of thiophene rings is 1. The van der Waals surface area contributed by atoms with E-state index in [0.717, 1.165) is 12.8 Å². The minimum atomic E-state index is -1.02. The van der Waals surface area contributed by atoms with Gasteiger partial charge in [0.1, 0.15) is 5.00 Å². The molecule has 0 radical (unpaired) electrons. The van der Waals surface area contributed by atoms with Crippen LogP contribution in [0.3, 0.4) is 0 Å². The van der Waals surface area contributed by atoms with E-state index in [2.05, 4.69) is 19.2 Å². The summed E-state index contributed by atoms with van der Waals surface area (Å²) in [7, 11) is 0. The van der Waals surface area contributed by atoms with Crippen molar-refractivity contribution >= 4 is 28.3 Å². The number of carboxylic acids is 1. The number of carbonyl (C=O) groups excluding carboxylic acids is 1. The number of carboxylic acid groups (broad SMARTS) is 1. The van der Waals surface area contributed by atoms with Crippen LogP contribution < -0.4 is 5.32 Å². The average Bonchev–Trinajstić information content (AvgIpc) is 3.05. The first-order chi connectivity index (χ1) is 8.99. The summed E-state index contributed by atoms with van der Waals surface area (Å²) in [5, 5.41) is 13.8. The molecule has 2 rings (SSSR count). The summed E-state index contributed by atoms with van der Waals surface area (Å²) in [6, 6.07) is 1.63. The predicted octanol–water partition coefficient (Wildman–Crippen LogP) is 3.10. The molecule has 1 fully saturated rings. The molecule has 2 amide bonds. The number of carbonyl (C=O) groups is 2. The summed E-state index contributed by atoms with van der Waals surface area (Å²) in [5.74, 6) is -0.619. The van der Waals surface area contributed by atoms with Crippen molar-refractivity contribution in [1.82, 2.24) is 4.90 Å². The largest absolute Gasteiger partial charge is 0.478 e. The van der Waals surface area contributed by atoms with Crippen molar-refractivity contribution in [2.24, 2.45) is 5.92 Å². The van der Waals surface area contributed by atoms with Crippen LogP contribution >= 0.6 is 11.3 Å². The predicted molar refractivity (Wildman–Crippen MR) is 74.9 cm³/mol. The molecule has 0 bridgehead atoms. The molecule has 5 nitrogen and oxygen atoms in total. The molecule has 0 aromatic carbocycles. The van der Waals surface area contributed by atoms with Gasteiger partial charge in [-0.2, -0.15) is 0 Å². The van der Waals surface area contributed by atoms with E-state index < -0.39 is 5.97 Å². The summed E-state index contributed by atoms with van der Waals surface area (Å²) in [6.07, 6.45) is 2.08. The van der Waals surface area contributed by atoms with Gasteiger partial charge in [0, 0.05) is 12.6 Å². The first-order valence-electron chi connectivity index (χ1n) is 6.37. The van der Waals surface area contributed by atoms with Crippen LogP contribution in [-0.2, 0) is 0 Å². The fraction of sp³-hybridized carbons (Fsp3) is 0.538. The van der Waals surface area contributed by atoms with Gasteiger partial charge in [-0.05, 0) is 30.2 Å². The van der Waals surface area contributed by atoms with Crippen LogP contribution in [-0.4, -0.2) is 34.6 Å². The van der Waals surface area contributed by atoms with Crippen LogP contribution in [0.5, 0.6) is 0 Å². The summed E-state index contributed by atoms with van der Waals surface area (Å²) in [4.78, 5) is 25.0. The van der Waals surface area contributed by atoms with Gasteiger partial charge < -0.3 is 10.0 Å². The Kier molecular flexibility index (Phi) is 4.09. The maximum absolute atomic E-state index is 12.2. The molecule has 1 aliphatic rings. The number of nitrogens with zero attached hydrogens (tertiary/aromatic N) is 1. The Morgan fingerprint density at radius 2 is 2.21 bits per heavy atom.